The van der Waals surface area contributed by atoms with Gasteiger partial charge in [-0.25, -0.2) is 4.79 Å². The van der Waals surface area contributed by atoms with Crippen molar-refractivity contribution in [1.29, 1.82) is 0 Å². The van der Waals surface area contributed by atoms with Crippen LogP contribution in [0.4, 0.5) is 4.79 Å². The van der Waals surface area contributed by atoms with Gasteiger partial charge in [-0.2, -0.15) is 0 Å². The average molecular weight is 398 g/mol. The van der Waals surface area contributed by atoms with Crippen LogP contribution in [0.2, 0.25) is 0 Å². The third kappa shape index (κ3) is 7.55. The first kappa shape index (κ1) is 23.5. The second-order valence-corrected chi connectivity index (χ2v) is 9.94. The molecule has 1 N–H and O–H groups in total. The molecule has 2 unspecified atom stereocenters. The molecular weight excluding hydrogens is 354 g/mol. The molecule has 2 rings (SSSR count). The van der Waals surface area contributed by atoms with Crippen LogP contribution < -0.4 is 0 Å². The lowest BCUT2D eigenvalue weighted by Crippen LogP contribution is -2.64. The average Bonchev–Trinajstić information content (AvgIpc) is 2.58. The quantitative estimate of drug-likeness (QED) is 0.499. The number of hydrogen-bond donors (Lipinski definition) is 1. The molecule has 5 heteroatoms. The first-order chi connectivity index (χ1) is 13.2. The van der Waals surface area contributed by atoms with Crippen molar-refractivity contribution in [2.75, 3.05) is 13.2 Å². The number of carbonyl (C=O) groups is 1. The minimum atomic E-state index is -0.668. The molecule has 0 radical (unpaired) electrons. The number of piperidine rings is 1. The van der Waals surface area contributed by atoms with Crippen LogP contribution >= 0.6 is 0 Å². The van der Waals surface area contributed by atoms with Crippen molar-refractivity contribution in [3.05, 3.63) is 0 Å². The fraction of sp³-hybridized carbons (Fsp3) is 0.957. The number of unbranched alkanes of at least 4 members (excludes halogenated alkanes) is 8. The smallest absolute Gasteiger partial charge is 0.410 e. The third-order valence-electron chi connectivity index (χ3n) is 5.99. The largest absolute Gasteiger partial charge is 0.444 e. The summed E-state index contributed by atoms with van der Waals surface area (Å²) in [6, 6.07) is -0.156. The molecule has 164 valence electrons. The highest BCUT2D eigenvalue weighted by Crippen LogP contribution is 2.38. The summed E-state index contributed by atoms with van der Waals surface area (Å²) in [7, 11) is 0. The Morgan fingerprint density at radius 1 is 1.00 bits per heavy atom. The highest BCUT2D eigenvalue weighted by molar-refractivity contribution is 5.69. The Kier molecular flexibility index (Phi) is 9.07. The molecule has 2 aliphatic heterocycles. The second kappa shape index (κ2) is 10.8. The Balaban J connectivity index is 1.73. The van der Waals surface area contributed by atoms with Crippen LogP contribution in [0.15, 0.2) is 0 Å². The number of morpholine rings is 1. The molecule has 0 aliphatic carbocycles. The Bertz CT molecular complexity index is 460. The van der Waals surface area contributed by atoms with E-state index in [-0.39, 0.29) is 18.2 Å². The molecular formula is C23H43NO4. The Morgan fingerprint density at radius 2 is 1.50 bits per heavy atom. The van der Waals surface area contributed by atoms with Crippen molar-refractivity contribution in [3.8, 4) is 0 Å². The molecule has 2 atom stereocenters. The second-order valence-electron chi connectivity index (χ2n) is 9.94. The van der Waals surface area contributed by atoms with E-state index in [1.165, 1.54) is 51.4 Å². The summed E-state index contributed by atoms with van der Waals surface area (Å²) in [6.45, 7) is 8.92. The fourth-order valence-electron chi connectivity index (χ4n) is 4.66. The van der Waals surface area contributed by atoms with Crippen LogP contribution in [-0.2, 0) is 9.47 Å². The van der Waals surface area contributed by atoms with E-state index in [1.54, 1.807) is 0 Å². The molecule has 0 saturated carbocycles. The van der Waals surface area contributed by atoms with Gasteiger partial charge in [0.25, 0.3) is 0 Å². The summed E-state index contributed by atoms with van der Waals surface area (Å²) >= 11 is 0. The number of fused-ring (bicyclic) bond motifs is 2. The van der Waals surface area contributed by atoms with E-state index in [9.17, 15) is 9.90 Å². The van der Waals surface area contributed by atoms with Crippen LogP contribution in [0.25, 0.3) is 0 Å². The van der Waals surface area contributed by atoms with Crippen molar-refractivity contribution < 1.29 is 19.4 Å². The van der Waals surface area contributed by atoms with Gasteiger partial charge in [-0.15, -0.1) is 0 Å². The predicted octanol–water partition coefficient (Wildman–Crippen LogP) is 5.44. The summed E-state index contributed by atoms with van der Waals surface area (Å²) in [5.74, 6) is 0. The SMILES string of the molecule is CCCCCCCCCCCC1(O)CC2COCC(C1)N2C(=O)OC(C)(C)C. The molecule has 0 spiro atoms. The molecule has 1 amide bonds. The van der Waals surface area contributed by atoms with E-state index in [0.717, 1.165) is 12.8 Å². The highest BCUT2D eigenvalue weighted by Gasteiger charge is 2.48. The van der Waals surface area contributed by atoms with Gasteiger partial charge < -0.3 is 14.6 Å². The normalized spacial score (nSPS) is 27.7. The Morgan fingerprint density at radius 3 is 2.00 bits per heavy atom. The molecule has 5 nitrogen and oxygen atoms in total. The monoisotopic (exact) mass is 397 g/mol. The summed E-state index contributed by atoms with van der Waals surface area (Å²) in [5.41, 5.74) is -1.17. The zero-order chi connectivity index (χ0) is 20.6. The summed E-state index contributed by atoms with van der Waals surface area (Å²) in [6.07, 6.45) is 13.3. The van der Waals surface area contributed by atoms with Gasteiger partial charge in [0.1, 0.15) is 5.60 Å². The van der Waals surface area contributed by atoms with E-state index in [4.69, 9.17) is 9.47 Å². The number of carbonyl (C=O) groups excluding carboxylic acids is 1. The van der Waals surface area contributed by atoms with Crippen molar-refractivity contribution in [2.45, 2.75) is 128 Å². The summed E-state index contributed by atoms with van der Waals surface area (Å²) in [4.78, 5) is 14.5. The van der Waals surface area contributed by atoms with Gasteiger partial charge in [-0.1, -0.05) is 64.7 Å². The molecule has 2 bridgehead atoms. The maximum absolute atomic E-state index is 12.6. The van der Waals surface area contributed by atoms with Crippen LogP contribution in [0.1, 0.15) is 105 Å². The molecule has 2 fully saturated rings. The van der Waals surface area contributed by atoms with Gasteiger partial charge in [-0.3, -0.25) is 4.90 Å². The number of ether oxygens (including phenoxy) is 2. The number of nitrogens with zero attached hydrogens (tertiary/aromatic N) is 1. The fourth-order valence-corrected chi connectivity index (χ4v) is 4.66. The van der Waals surface area contributed by atoms with E-state index in [1.807, 2.05) is 25.7 Å². The van der Waals surface area contributed by atoms with Gasteiger partial charge >= 0.3 is 6.09 Å². The van der Waals surface area contributed by atoms with Gasteiger partial charge in [0.2, 0.25) is 0 Å². The zero-order valence-corrected chi connectivity index (χ0v) is 18.7. The molecule has 2 saturated heterocycles. The molecule has 0 aromatic heterocycles. The van der Waals surface area contributed by atoms with Gasteiger partial charge in [0.15, 0.2) is 0 Å². The van der Waals surface area contributed by atoms with Crippen molar-refractivity contribution in [3.63, 3.8) is 0 Å². The van der Waals surface area contributed by atoms with Gasteiger partial charge in [-0.05, 0) is 40.0 Å². The number of aliphatic hydroxyl groups is 1. The van der Waals surface area contributed by atoms with Gasteiger partial charge in [0.05, 0.1) is 30.9 Å². The van der Waals surface area contributed by atoms with E-state index in [2.05, 4.69) is 6.92 Å². The van der Waals surface area contributed by atoms with E-state index < -0.39 is 11.2 Å². The molecule has 28 heavy (non-hydrogen) atoms. The molecule has 0 aromatic carbocycles. The number of amides is 1. The zero-order valence-electron chi connectivity index (χ0n) is 18.7. The predicted molar refractivity (Wildman–Crippen MR) is 112 cm³/mol. The minimum Gasteiger partial charge on any atom is -0.444 e. The standard InChI is InChI=1S/C23H43NO4/c1-5-6-7-8-9-10-11-12-13-14-23(26)15-19-17-27-18-20(16-23)24(19)21(25)28-22(2,3)4/h19-20,26H,5-18H2,1-4H3. The first-order valence-corrected chi connectivity index (χ1v) is 11.6. The Hall–Kier alpha value is -0.810. The minimum absolute atomic E-state index is 0.0779. The van der Waals surface area contributed by atoms with Gasteiger partial charge in [0, 0.05) is 0 Å². The van der Waals surface area contributed by atoms with Crippen molar-refractivity contribution >= 4 is 6.09 Å². The van der Waals surface area contributed by atoms with E-state index >= 15 is 0 Å². The van der Waals surface area contributed by atoms with Crippen LogP contribution in [0.5, 0.6) is 0 Å². The molecule has 0 aromatic rings. The van der Waals surface area contributed by atoms with Crippen LogP contribution in [0.3, 0.4) is 0 Å². The highest BCUT2D eigenvalue weighted by atomic mass is 16.6. The topological polar surface area (TPSA) is 59.0 Å². The Labute approximate surface area is 172 Å². The maximum atomic E-state index is 12.6. The first-order valence-electron chi connectivity index (χ1n) is 11.6. The lowest BCUT2D eigenvalue weighted by molar-refractivity contribution is -0.140. The lowest BCUT2D eigenvalue weighted by Gasteiger charge is -2.51. The van der Waals surface area contributed by atoms with Crippen LogP contribution in [0, 0.1) is 0 Å². The number of hydrogen-bond acceptors (Lipinski definition) is 4. The summed E-state index contributed by atoms with van der Waals surface area (Å²) in [5, 5.41) is 11.2. The number of rotatable bonds is 10. The van der Waals surface area contributed by atoms with E-state index in [0.29, 0.717) is 26.1 Å². The van der Waals surface area contributed by atoms with Crippen LogP contribution in [-0.4, -0.2) is 52.6 Å². The molecule has 2 heterocycles. The summed E-state index contributed by atoms with van der Waals surface area (Å²) < 4.78 is 11.3. The lowest BCUT2D eigenvalue weighted by atomic mass is 9.78. The maximum Gasteiger partial charge on any atom is 0.410 e. The molecule has 2 aliphatic rings. The van der Waals surface area contributed by atoms with Crippen molar-refractivity contribution in [1.82, 2.24) is 4.90 Å². The van der Waals surface area contributed by atoms with Crippen molar-refractivity contribution in [2.24, 2.45) is 0 Å². The third-order valence-corrected chi connectivity index (χ3v) is 5.99.